The highest BCUT2D eigenvalue weighted by Crippen LogP contribution is 2.45. The molecule has 37 heavy (non-hydrogen) atoms. The van der Waals surface area contributed by atoms with Gasteiger partial charge in [0.05, 0.1) is 29.6 Å². The predicted octanol–water partition coefficient (Wildman–Crippen LogP) is 3.46. The van der Waals surface area contributed by atoms with Gasteiger partial charge in [0.15, 0.2) is 9.84 Å². The summed E-state index contributed by atoms with van der Waals surface area (Å²) in [7, 11) is -3.57. The van der Waals surface area contributed by atoms with Crippen LogP contribution < -0.4 is 10.6 Å². The van der Waals surface area contributed by atoms with E-state index in [1.54, 1.807) is 18.2 Å². The number of sulfone groups is 1. The Bertz CT molecular complexity index is 1280. The van der Waals surface area contributed by atoms with Gasteiger partial charge < -0.3 is 10.4 Å². The lowest BCUT2D eigenvalue weighted by Crippen LogP contribution is -2.40. The van der Waals surface area contributed by atoms with E-state index < -0.39 is 20.8 Å². The molecule has 1 heterocycles. The Morgan fingerprint density at radius 3 is 2.49 bits per heavy atom. The van der Waals surface area contributed by atoms with Gasteiger partial charge in [-0.1, -0.05) is 48.0 Å². The first kappa shape index (κ1) is 27.3. The van der Waals surface area contributed by atoms with E-state index in [1.165, 1.54) is 11.0 Å². The van der Waals surface area contributed by atoms with Crippen molar-refractivity contribution in [3.8, 4) is 0 Å². The van der Waals surface area contributed by atoms with Crippen molar-refractivity contribution >= 4 is 39.2 Å². The lowest BCUT2D eigenvalue weighted by Gasteiger charge is -2.19. The summed E-state index contributed by atoms with van der Waals surface area (Å²) in [6.45, 7) is 2.12. The number of rotatable bonds is 13. The van der Waals surface area contributed by atoms with Crippen molar-refractivity contribution in [2.75, 3.05) is 26.2 Å². The predicted molar refractivity (Wildman–Crippen MR) is 142 cm³/mol. The van der Waals surface area contributed by atoms with Gasteiger partial charge in [-0.15, -0.1) is 0 Å². The molecule has 0 aromatic heterocycles. The van der Waals surface area contributed by atoms with Gasteiger partial charge in [-0.3, -0.25) is 20.0 Å². The van der Waals surface area contributed by atoms with Gasteiger partial charge >= 0.3 is 6.09 Å². The van der Waals surface area contributed by atoms with Crippen LogP contribution in [0.3, 0.4) is 0 Å². The zero-order valence-corrected chi connectivity index (χ0v) is 22.0. The smallest absolute Gasteiger partial charge is 0.413 e. The summed E-state index contributed by atoms with van der Waals surface area (Å²) in [6.07, 6.45) is 1.89. The number of amides is 1. The second kappa shape index (κ2) is 11.7. The van der Waals surface area contributed by atoms with Crippen molar-refractivity contribution in [3.63, 3.8) is 0 Å². The van der Waals surface area contributed by atoms with Crippen LogP contribution in [0.15, 0.2) is 58.4 Å². The summed E-state index contributed by atoms with van der Waals surface area (Å²) in [4.78, 5) is 28.3. The Hall–Kier alpha value is -2.79. The number of carbonyl (C=O) groups excluding carboxylic acids is 1. The van der Waals surface area contributed by atoms with Gasteiger partial charge in [-0.05, 0) is 49.9 Å². The molecule has 198 valence electrons. The third-order valence-corrected chi connectivity index (χ3v) is 9.57. The molecule has 11 heteroatoms. The summed E-state index contributed by atoms with van der Waals surface area (Å²) < 4.78 is 26.1. The van der Waals surface area contributed by atoms with Crippen LogP contribution >= 0.6 is 11.6 Å². The number of unbranched alkanes of at least 4 members (excludes halogenated alkanes) is 1. The number of hydrogen-bond acceptors (Lipinski definition) is 7. The summed E-state index contributed by atoms with van der Waals surface area (Å²) in [5.41, 5.74) is 1.73. The molecule has 2 aromatic rings. The Balaban J connectivity index is 1.14. The molecule has 2 aliphatic rings. The van der Waals surface area contributed by atoms with Crippen LogP contribution in [0.5, 0.6) is 0 Å². The van der Waals surface area contributed by atoms with Gasteiger partial charge in [-0.25, -0.2) is 13.2 Å². The first-order valence-electron chi connectivity index (χ1n) is 12.3. The fourth-order valence-corrected chi connectivity index (χ4v) is 6.75. The van der Waals surface area contributed by atoms with E-state index >= 15 is 0 Å². The number of Topliss-reactive ketones (excluding diaryl/α,β-unsaturated/α-hetero) is 1. The van der Waals surface area contributed by atoms with Crippen molar-refractivity contribution in [2.24, 2.45) is 4.99 Å². The van der Waals surface area contributed by atoms with Gasteiger partial charge in [0.1, 0.15) is 16.5 Å². The minimum atomic E-state index is -3.57. The molecule has 1 aliphatic carbocycles. The minimum Gasteiger partial charge on any atom is -0.465 e. The molecule has 0 bridgehead atoms. The van der Waals surface area contributed by atoms with Crippen LogP contribution in [0.2, 0.25) is 5.02 Å². The first-order chi connectivity index (χ1) is 17.7. The van der Waals surface area contributed by atoms with Gasteiger partial charge in [0, 0.05) is 18.5 Å². The number of carbonyl (C=O) groups is 2. The Morgan fingerprint density at radius 2 is 1.81 bits per heavy atom. The molecular formula is C26H31ClN4O5S. The summed E-state index contributed by atoms with van der Waals surface area (Å²) >= 11 is 6.11. The highest BCUT2D eigenvalue weighted by molar-refractivity contribution is 7.93. The maximum absolute atomic E-state index is 13.0. The van der Waals surface area contributed by atoms with Crippen LogP contribution in [-0.4, -0.2) is 67.2 Å². The van der Waals surface area contributed by atoms with Crippen molar-refractivity contribution in [1.82, 2.24) is 15.5 Å². The average molecular weight is 547 g/mol. The largest absolute Gasteiger partial charge is 0.465 e. The lowest BCUT2D eigenvalue weighted by molar-refractivity contribution is -0.118. The molecular weight excluding hydrogens is 516 g/mol. The van der Waals surface area contributed by atoms with Crippen LogP contribution in [0, 0.1) is 0 Å². The van der Waals surface area contributed by atoms with Gasteiger partial charge in [0.2, 0.25) is 0 Å². The highest BCUT2D eigenvalue weighted by Gasteiger charge is 2.55. The molecule has 0 unspecified atom stereocenters. The SMILES string of the molecule is O=C(CCCCNC1(S(=O)(=O)c2ccccc2Cl)CC1)CNCc1ccc(C2=NCCN2C(=O)O)cc1. The fraction of sp³-hybridized carbons (Fsp3) is 0.423. The number of nitrogens with zero attached hydrogens (tertiary/aromatic N) is 2. The van der Waals surface area contributed by atoms with Crippen LogP contribution in [0.1, 0.15) is 43.2 Å². The van der Waals surface area contributed by atoms with E-state index in [-0.39, 0.29) is 22.2 Å². The molecule has 1 saturated carbocycles. The Kier molecular flexibility index (Phi) is 8.63. The van der Waals surface area contributed by atoms with E-state index in [1.807, 2.05) is 24.3 Å². The van der Waals surface area contributed by atoms with Gasteiger partial charge in [0.25, 0.3) is 0 Å². The first-order valence-corrected chi connectivity index (χ1v) is 14.2. The Labute approximate surface area is 221 Å². The zero-order chi connectivity index (χ0) is 26.5. The number of carboxylic acid groups (broad SMARTS) is 1. The van der Waals surface area contributed by atoms with Crippen molar-refractivity contribution in [1.29, 1.82) is 0 Å². The van der Waals surface area contributed by atoms with E-state index in [0.29, 0.717) is 64.1 Å². The maximum Gasteiger partial charge on any atom is 0.413 e. The standard InChI is InChI=1S/C26H31ClN4O5S/c27-22-6-1-2-7-23(22)37(35,36)26(12-13-26)30-14-4-3-5-21(32)18-28-17-19-8-10-20(11-9-19)24-29-15-16-31(24)25(33)34/h1-2,6-11,28,30H,3-5,12-18H2,(H,33,34). The van der Waals surface area contributed by atoms with E-state index in [4.69, 9.17) is 11.6 Å². The van der Waals surface area contributed by atoms with Crippen LogP contribution in [0.4, 0.5) is 4.79 Å². The summed E-state index contributed by atoms with van der Waals surface area (Å²) in [6, 6.07) is 14.0. The number of ketones is 1. The molecule has 4 rings (SSSR count). The molecule has 1 amide bonds. The van der Waals surface area contributed by atoms with E-state index in [0.717, 1.165) is 11.1 Å². The van der Waals surface area contributed by atoms with Crippen LogP contribution in [-0.2, 0) is 21.2 Å². The van der Waals surface area contributed by atoms with Crippen LogP contribution in [0.25, 0.3) is 0 Å². The fourth-order valence-electron chi connectivity index (χ4n) is 4.38. The molecule has 0 saturated heterocycles. The second-order valence-corrected chi connectivity index (χ2v) is 11.9. The molecule has 1 fully saturated rings. The van der Waals surface area contributed by atoms with E-state index in [2.05, 4.69) is 15.6 Å². The quantitative estimate of drug-likeness (QED) is 0.328. The maximum atomic E-state index is 13.0. The van der Waals surface area contributed by atoms with Crippen molar-refractivity contribution in [3.05, 3.63) is 64.7 Å². The molecule has 0 radical (unpaired) electrons. The molecule has 0 spiro atoms. The van der Waals surface area contributed by atoms with Crippen molar-refractivity contribution in [2.45, 2.75) is 48.4 Å². The van der Waals surface area contributed by atoms with Crippen molar-refractivity contribution < 1.29 is 23.1 Å². The number of amidine groups is 1. The number of nitrogens with one attached hydrogen (secondary N) is 2. The molecule has 2 aromatic carbocycles. The number of benzene rings is 2. The minimum absolute atomic E-state index is 0.0962. The highest BCUT2D eigenvalue weighted by atomic mass is 35.5. The van der Waals surface area contributed by atoms with Gasteiger partial charge in [-0.2, -0.15) is 0 Å². The third-order valence-electron chi connectivity index (χ3n) is 6.61. The molecule has 0 atom stereocenters. The summed E-state index contributed by atoms with van der Waals surface area (Å²) in [5, 5.41) is 15.8. The number of halogens is 1. The zero-order valence-electron chi connectivity index (χ0n) is 20.5. The third kappa shape index (κ3) is 6.38. The summed E-state index contributed by atoms with van der Waals surface area (Å²) in [5.74, 6) is 0.560. The molecule has 9 nitrogen and oxygen atoms in total. The molecule has 1 aliphatic heterocycles. The molecule has 3 N–H and O–H groups in total. The Morgan fingerprint density at radius 1 is 1.08 bits per heavy atom. The number of hydrogen-bond donors (Lipinski definition) is 3. The second-order valence-electron chi connectivity index (χ2n) is 9.29. The average Bonchev–Trinajstić information content (AvgIpc) is 3.51. The lowest BCUT2D eigenvalue weighted by atomic mass is 10.1. The number of aliphatic imine (C=N–C) groups is 1. The topological polar surface area (TPSA) is 128 Å². The monoisotopic (exact) mass is 546 g/mol. The van der Waals surface area contributed by atoms with E-state index in [9.17, 15) is 23.1 Å². The normalized spacial score (nSPS) is 16.5.